The lowest BCUT2D eigenvalue weighted by Gasteiger charge is -2.41. The van der Waals surface area contributed by atoms with E-state index < -0.39 is 0 Å². The van der Waals surface area contributed by atoms with Crippen molar-refractivity contribution in [3.05, 3.63) is 48.5 Å². The molecule has 0 amide bonds. The van der Waals surface area contributed by atoms with Crippen LogP contribution in [-0.4, -0.2) is 29.6 Å². The molecule has 2 aromatic rings. The zero-order chi connectivity index (χ0) is 17.8. The molecule has 0 unspecified atom stereocenters. The van der Waals surface area contributed by atoms with Gasteiger partial charge in [0.15, 0.2) is 0 Å². The number of benzene rings is 2. The van der Waals surface area contributed by atoms with Gasteiger partial charge in [0.25, 0.3) is 0 Å². The average molecular weight is 353 g/mol. The topological polar surface area (TPSA) is 6.48 Å². The molecule has 2 aromatic carbocycles. The zero-order valence-corrected chi connectivity index (χ0v) is 16.7. The fourth-order valence-corrected chi connectivity index (χ4v) is 5.63. The van der Waals surface area contributed by atoms with Crippen molar-refractivity contribution in [2.75, 3.05) is 18.5 Å². The summed E-state index contributed by atoms with van der Waals surface area (Å²) in [5, 5.41) is 0. The normalized spacial score (nSPS) is 24.0. The predicted molar refractivity (Wildman–Crippen MR) is 108 cm³/mol. The average Bonchev–Trinajstić information content (AvgIpc) is 2.74. The number of fused-ring (bicyclic) bond motifs is 2. The van der Waals surface area contributed by atoms with E-state index in [-0.39, 0.29) is 11.1 Å². The predicted octanol–water partition coefficient (Wildman–Crippen LogP) is 5.80. The van der Waals surface area contributed by atoms with E-state index in [0.29, 0.717) is 5.92 Å². The molecule has 0 bridgehead atoms. The number of hydrogen-bond donors (Lipinski definition) is 0. The number of anilines is 2. The Morgan fingerprint density at radius 1 is 0.920 bits per heavy atom. The summed E-state index contributed by atoms with van der Waals surface area (Å²) in [4.78, 5) is 7.86. The summed E-state index contributed by atoms with van der Waals surface area (Å²) in [6.45, 7) is 10.6. The highest BCUT2D eigenvalue weighted by Gasteiger charge is 2.49. The van der Waals surface area contributed by atoms with Gasteiger partial charge in [-0.2, -0.15) is 0 Å². The van der Waals surface area contributed by atoms with Crippen LogP contribution in [0.4, 0.5) is 11.4 Å². The van der Waals surface area contributed by atoms with E-state index in [1.54, 1.807) is 0 Å². The molecular weight excluding hydrogens is 324 g/mol. The van der Waals surface area contributed by atoms with Crippen LogP contribution in [-0.2, 0) is 0 Å². The molecule has 1 atom stereocenters. The van der Waals surface area contributed by atoms with Crippen molar-refractivity contribution >= 4 is 23.1 Å². The van der Waals surface area contributed by atoms with E-state index in [4.69, 9.17) is 0 Å². The van der Waals surface area contributed by atoms with Gasteiger partial charge in [-0.15, -0.1) is 0 Å². The van der Waals surface area contributed by atoms with Crippen molar-refractivity contribution in [3.63, 3.8) is 0 Å². The first kappa shape index (κ1) is 17.0. The lowest BCUT2D eigenvalue weighted by molar-refractivity contribution is 0.101. The summed E-state index contributed by atoms with van der Waals surface area (Å²) in [6, 6.07) is 17.7. The Balaban J connectivity index is 1.74. The second-order valence-electron chi connectivity index (χ2n) is 8.57. The Morgan fingerprint density at radius 2 is 1.44 bits per heavy atom. The molecule has 3 heteroatoms. The summed E-state index contributed by atoms with van der Waals surface area (Å²) in [6.07, 6.45) is 1.23. The Hall–Kier alpha value is -1.45. The fraction of sp³-hybridized carbons (Fsp3) is 0.455. The van der Waals surface area contributed by atoms with Gasteiger partial charge in [-0.3, -0.25) is 4.90 Å². The van der Waals surface area contributed by atoms with Crippen LogP contribution < -0.4 is 4.90 Å². The number of hydrogen-bond acceptors (Lipinski definition) is 3. The minimum atomic E-state index is 0.192. The van der Waals surface area contributed by atoms with Crippen LogP contribution in [0.15, 0.2) is 58.3 Å². The van der Waals surface area contributed by atoms with Crippen LogP contribution in [0.1, 0.15) is 34.1 Å². The van der Waals surface area contributed by atoms with E-state index in [1.807, 2.05) is 11.8 Å². The van der Waals surface area contributed by atoms with Gasteiger partial charge in [0.05, 0.1) is 11.4 Å². The largest absolute Gasteiger partial charge is 0.339 e. The van der Waals surface area contributed by atoms with E-state index >= 15 is 0 Å². The van der Waals surface area contributed by atoms with Gasteiger partial charge in [-0.1, -0.05) is 36.0 Å². The van der Waals surface area contributed by atoms with E-state index in [9.17, 15) is 0 Å². The van der Waals surface area contributed by atoms with Crippen LogP contribution >= 0.6 is 11.8 Å². The first-order valence-electron chi connectivity index (χ1n) is 9.18. The molecule has 0 saturated carbocycles. The molecule has 132 valence electrons. The molecule has 0 radical (unpaired) electrons. The van der Waals surface area contributed by atoms with Gasteiger partial charge in [-0.25, -0.2) is 0 Å². The Kier molecular flexibility index (Phi) is 3.93. The summed E-state index contributed by atoms with van der Waals surface area (Å²) < 4.78 is 0. The molecule has 2 heterocycles. The molecular formula is C22H28N2S. The Labute approximate surface area is 156 Å². The molecule has 0 aliphatic carbocycles. The van der Waals surface area contributed by atoms with Gasteiger partial charge < -0.3 is 4.90 Å². The highest BCUT2D eigenvalue weighted by Crippen LogP contribution is 2.50. The second-order valence-corrected chi connectivity index (χ2v) is 9.66. The van der Waals surface area contributed by atoms with Gasteiger partial charge in [0.2, 0.25) is 0 Å². The fourth-order valence-electron chi connectivity index (χ4n) is 4.53. The molecule has 2 aliphatic rings. The minimum absolute atomic E-state index is 0.192. The van der Waals surface area contributed by atoms with Gasteiger partial charge in [0, 0.05) is 27.4 Å². The van der Waals surface area contributed by atoms with E-state index in [2.05, 4.69) is 93.1 Å². The summed E-state index contributed by atoms with van der Waals surface area (Å²) in [5.74, 6) is 0.622. The van der Waals surface area contributed by atoms with Crippen molar-refractivity contribution in [3.8, 4) is 0 Å². The highest BCUT2D eigenvalue weighted by atomic mass is 32.2. The standard InChI is InChI=1S/C22H28N2S/c1-21(2)14-16(22(3,4)23(21)5)15-24-17-10-6-8-12-19(17)25-20-13-9-7-11-18(20)24/h6-13,16H,14-15H2,1-5H3/t16-/m0/s1. The first-order valence-corrected chi connectivity index (χ1v) is 10.00. The monoisotopic (exact) mass is 352 g/mol. The Bertz CT molecular complexity index is 751. The van der Waals surface area contributed by atoms with Crippen molar-refractivity contribution in [1.29, 1.82) is 0 Å². The van der Waals surface area contributed by atoms with Crippen molar-refractivity contribution < 1.29 is 0 Å². The maximum atomic E-state index is 2.57. The smallest absolute Gasteiger partial charge is 0.0552 e. The zero-order valence-electron chi connectivity index (χ0n) is 15.9. The molecule has 2 nitrogen and oxygen atoms in total. The van der Waals surface area contributed by atoms with Crippen LogP contribution in [0, 0.1) is 5.92 Å². The summed E-state index contributed by atoms with van der Waals surface area (Å²) >= 11 is 1.89. The minimum Gasteiger partial charge on any atom is -0.339 e. The van der Waals surface area contributed by atoms with E-state index in [1.165, 1.54) is 27.6 Å². The number of rotatable bonds is 2. The van der Waals surface area contributed by atoms with Crippen LogP contribution in [0.5, 0.6) is 0 Å². The van der Waals surface area contributed by atoms with Crippen LogP contribution in [0.3, 0.4) is 0 Å². The van der Waals surface area contributed by atoms with Gasteiger partial charge in [-0.05, 0) is 71.3 Å². The van der Waals surface area contributed by atoms with Crippen molar-refractivity contribution in [2.24, 2.45) is 5.92 Å². The van der Waals surface area contributed by atoms with Crippen LogP contribution in [0.25, 0.3) is 0 Å². The van der Waals surface area contributed by atoms with E-state index in [0.717, 1.165) is 6.54 Å². The molecule has 1 saturated heterocycles. The SMILES string of the molecule is CN1C(C)(C)C[C@@H](CN2c3ccccc3Sc3ccccc32)C1(C)C. The third kappa shape index (κ3) is 2.69. The maximum absolute atomic E-state index is 2.57. The molecule has 4 rings (SSSR count). The number of likely N-dealkylation sites (tertiary alicyclic amines) is 1. The quantitative estimate of drug-likeness (QED) is 0.674. The van der Waals surface area contributed by atoms with Crippen molar-refractivity contribution in [2.45, 2.75) is 55.0 Å². The summed E-state index contributed by atoms with van der Waals surface area (Å²) in [5.41, 5.74) is 3.15. The Morgan fingerprint density at radius 3 is 1.92 bits per heavy atom. The lowest BCUT2D eigenvalue weighted by Crippen LogP contribution is -2.48. The van der Waals surface area contributed by atoms with Crippen molar-refractivity contribution in [1.82, 2.24) is 4.90 Å². The molecule has 2 aliphatic heterocycles. The molecule has 0 N–H and O–H groups in total. The first-order chi connectivity index (χ1) is 11.8. The molecule has 1 fully saturated rings. The summed E-state index contributed by atoms with van der Waals surface area (Å²) in [7, 11) is 2.29. The number of nitrogens with zero attached hydrogens (tertiary/aromatic N) is 2. The molecule has 25 heavy (non-hydrogen) atoms. The lowest BCUT2D eigenvalue weighted by atomic mass is 9.86. The van der Waals surface area contributed by atoms with Crippen LogP contribution in [0.2, 0.25) is 0 Å². The van der Waals surface area contributed by atoms with Gasteiger partial charge >= 0.3 is 0 Å². The third-order valence-electron chi connectivity index (χ3n) is 6.45. The third-order valence-corrected chi connectivity index (χ3v) is 7.58. The maximum Gasteiger partial charge on any atom is 0.0552 e. The molecule has 0 aromatic heterocycles. The second kappa shape index (κ2) is 5.78. The van der Waals surface area contributed by atoms with Gasteiger partial charge in [0.1, 0.15) is 0 Å². The molecule has 0 spiro atoms. The highest BCUT2D eigenvalue weighted by molar-refractivity contribution is 7.99. The number of para-hydroxylation sites is 2.